The lowest BCUT2D eigenvalue weighted by molar-refractivity contribution is 0.0744. The number of carbonyl (C=O) groups is 1. The van der Waals surface area contributed by atoms with E-state index >= 15 is 0 Å². The number of ether oxygens (including phenoxy) is 1. The molecule has 2 saturated heterocycles. The Kier molecular flexibility index (Phi) is 6.49. The van der Waals surface area contributed by atoms with Gasteiger partial charge in [0.05, 0.1) is 30.3 Å². The lowest BCUT2D eigenvalue weighted by Gasteiger charge is -2.36. The molecule has 3 heterocycles. The number of hydrogen-bond acceptors (Lipinski definition) is 5. The maximum Gasteiger partial charge on any atom is 0.257 e. The first-order chi connectivity index (χ1) is 16.6. The Morgan fingerprint density at radius 3 is 2.26 bits per heavy atom. The third kappa shape index (κ3) is 4.50. The molecule has 0 atom stereocenters. The lowest BCUT2D eigenvalue weighted by Crippen LogP contribution is -2.49. The quantitative estimate of drug-likeness (QED) is 0.628. The van der Waals surface area contributed by atoms with Crippen LogP contribution in [0.15, 0.2) is 54.7 Å². The molecule has 2 aliphatic heterocycles. The van der Waals surface area contributed by atoms with Crippen LogP contribution in [-0.4, -0.2) is 67.0 Å². The number of nitrogens with one attached hydrogen (secondary N) is 1. The van der Waals surface area contributed by atoms with Gasteiger partial charge in [0.15, 0.2) is 0 Å². The summed E-state index contributed by atoms with van der Waals surface area (Å²) >= 11 is 0. The first kappa shape index (κ1) is 22.4. The summed E-state index contributed by atoms with van der Waals surface area (Å²) < 4.78 is 20.5. The number of aromatic nitrogens is 2. The minimum Gasteiger partial charge on any atom is -0.497 e. The molecule has 3 aromatic rings. The highest BCUT2D eigenvalue weighted by Gasteiger charge is 2.30. The molecule has 0 radical (unpaired) electrons. The Labute approximate surface area is 199 Å². The Hall–Kier alpha value is -3.39. The van der Waals surface area contributed by atoms with Gasteiger partial charge in [-0.2, -0.15) is 5.10 Å². The number of halogens is 1. The summed E-state index contributed by atoms with van der Waals surface area (Å²) in [4.78, 5) is 17.8. The van der Waals surface area contributed by atoms with Crippen molar-refractivity contribution in [2.75, 3.05) is 51.3 Å². The summed E-state index contributed by atoms with van der Waals surface area (Å²) in [5, 5.41) is 8.08. The van der Waals surface area contributed by atoms with E-state index in [1.165, 1.54) is 12.1 Å². The number of methoxy groups -OCH3 is 1. The highest BCUT2D eigenvalue weighted by Crippen LogP contribution is 2.31. The second-order valence-corrected chi connectivity index (χ2v) is 8.83. The Balaban J connectivity index is 1.38. The van der Waals surface area contributed by atoms with Crippen LogP contribution in [0.25, 0.3) is 5.69 Å². The van der Waals surface area contributed by atoms with E-state index in [9.17, 15) is 9.18 Å². The minimum absolute atomic E-state index is 0.0343. The van der Waals surface area contributed by atoms with Crippen molar-refractivity contribution in [3.05, 3.63) is 71.8 Å². The van der Waals surface area contributed by atoms with E-state index < -0.39 is 0 Å². The van der Waals surface area contributed by atoms with Crippen molar-refractivity contribution < 1.29 is 13.9 Å². The van der Waals surface area contributed by atoms with Crippen LogP contribution in [0.4, 0.5) is 10.1 Å². The summed E-state index contributed by atoms with van der Waals surface area (Å²) in [6, 6.07) is 14.3. The summed E-state index contributed by atoms with van der Waals surface area (Å²) in [6.07, 6.45) is 3.68. The van der Waals surface area contributed by atoms with E-state index in [1.807, 2.05) is 33.8 Å². The smallest absolute Gasteiger partial charge is 0.257 e. The lowest BCUT2D eigenvalue weighted by atomic mass is 9.91. The SMILES string of the molecule is COc1ccc(-n2ncc(C(=O)N3CCN(c4ccc(F)cc4)CC3)c2C2CCNCC2)cc1. The van der Waals surface area contributed by atoms with E-state index in [2.05, 4.69) is 15.3 Å². The topological polar surface area (TPSA) is 62.6 Å². The molecule has 2 fully saturated rings. The molecule has 34 heavy (non-hydrogen) atoms. The molecule has 8 heteroatoms. The highest BCUT2D eigenvalue weighted by atomic mass is 19.1. The third-order valence-corrected chi connectivity index (χ3v) is 6.84. The van der Waals surface area contributed by atoms with Crippen LogP contribution in [0.2, 0.25) is 0 Å². The number of piperidine rings is 1. The number of anilines is 1. The molecule has 2 aliphatic rings. The molecule has 1 N–H and O–H groups in total. The van der Waals surface area contributed by atoms with Gasteiger partial charge in [0.1, 0.15) is 11.6 Å². The molecule has 178 valence electrons. The fourth-order valence-electron chi connectivity index (χ4n) is 4.93. The number of piperazine rings is 1. The second kappa shape index (κ2) is 9.85. The van der Waals surface area contributed by atoms with Crippen LogP contribution in [0, 0.1) is 5.82 Å². The molecule has 7 nitrogen and oxygen atoms in total. The maximum atomic E-state index is 13.7. The highest BCUT2D eigenvalue weighted by molar-refractivity contribution is 5.95. The molecule has 1 aromatic heterocycles. The van der Waals surface area contributed by atoms with Crippen LogP contribution < -0.4 is 15.0 Å². The van der Waals surface area contributed by atoms with Gasteiger partial charge in [-0.05, 0) is 74.5 Å². The first-order valence-corrected chi connectivity index (χ1v) is 11.9. The first-order valence-electron chi connectivity index (χ1n) is 11.9. The van der Waals surface area contributed by atoms with Crippen molar-refractivity contribution in [1.82, 2.24) is 20.0 Å². The average molecular weight is 464 g/mol. The van der Waals surface area contributed by atoms with Crippen LogP contribution in [-0.2, 0) is 0 Å². The Bertz CT molecular complexity index is 1120. The van der Waals surface area contributed by atoms with Gasteiger partial charge in [0, 0.05) is 37.8 Å². The molecule has 5 rings (SSSR count). The largest absolute Gasteiger partial charge is 0.497 e. The zero-order chi connectivity index (χ0) is 23.5. The Morgan fingerprint density at radius 1 is 0.971 bits per heavy atom. The van der Waals surface area contributed by atoms with E-state index in [0.29, 0.717) is 31.7 Å². The van der Waals surface area contributed by atoms with E-state index in [-0.39, 0.29) is 17.6 Å². The van der Waals surface area contributed by atoms with Gasteiger partial charge < -0.3 is 19.9 Å². The second-order valence-electron chi connectivity index (χ2n) is 8.83. The number of carbonyl (C=O) groups excluding carboxylic acids is 1. The van der Waals surface area contributed by atoms with Crippen molar-refractivity contribution in [3.63, 3.8) is 0 Å². The monoisotopic (exact) mass is 463 g/mol. The average Bonchev–Trinajstić information content (AvgIpc) is 3.34. The molecular formula is C26H30FN5O2. The number of benzene rings is 2. The number of hydrogen-bond donors (Lipinski definition) is 1. The maximum absolute atomic E-state index is 13.7. The van der Waals surface area contributed by atoms with Crippen LogP contribution in [0.3, 0.4) is 0 Å². The van der Waals surface area contributed by atoms with E-state index in [4.69, 9.17) is 4.74 Å². The van der Waals surface area contributed by atoms with Crippen LogP contribution in [0.1, 0.15) is 34.8 Å². The molecule has 0 bridgehead atoms. The van der Waals surface area contributed by atoms with Gasteiger partial charge in [-0.25, -0.2) is 9.07 Å². The predicted molar refractivity (Wildman–Crippen MR) is 129 cm³/mol. The fraction of sp³-hybridized carbons (Fsp3) is 0.385. The fourth-order valence-corrected chi connectivity index (χ4v) is 4.93. The normalized spacial score (nSPS) is 17.1. The van der Waals surface area contributed by atoms with Gasteiger partial charge in [-0.15, -0.1) is 0 Å². The minimum atomic E-state index is -0.239. The van der Waals surface area contributed by atoms with Crippen molar-refractivity contribution >= 4 is 11.6 Å². The van der Waals surface area contributed by atoms with Gasteiger partial charge in [0.25, 0.3) is 5.91 Å². The third-order valence-electron chi connectivity index (χ3n) is 6.84. The summed E-state index contributed by atoms with van der Waals surface area (Å²) in [7, 11) is 1.65. The van der Waals surface area contributed by atoms with Gasteiger partial charge in [-0.3, -0.25) is 4.79 Å². The number of rotatable bonds is 5. The molecule has 0 unspecified atom stereocenters. The summed E-state index contributed by atoms with van der Waals surface area (Å²) in [5.41, 5.74) is 3.60. The van der Waals surface area contributed by atoms with Crippen molar-refractivity contribution in [2.24, 2.45) is 0 Å². The predicted octanol–water partition coefficient (Wildman–Crippen LogP) is 3.45. The van der Waals surface area contributed by atoms with Crippen molar-refractivity contribution in [3.8, 4) is 11.4 Å². The summed E-state index contributed by atoms with van der Waals surface area (Å²) in [6.45, 7) is 4.54. The zero-order valence-corrected chi connectivity index (χ0v) is 19.4. The Morgan fingerprint density at radius 2 is 1.62 bits per heavy atom. The summed E-state index contributed by atoms with van der Waals surface area (Å²) in [5.74, 6) is 0.851. The van der Waals surface area contributed by atoms with Gasteiger partial charge in [0.2, 0.25) is 0 Å². The van der Waals surface area contributed by atoms with Crippen molar-refractivity contribution in [1.29, 1.82) is 0 Å². The van der Waals surface area contributed by atoms with Gasteiger partial charge >= 0.3 is 0 Å². The molecule has 0 saturated carbocycles. The van der Waals surface area contributed by atoms with Crippen LogP contribution in [0.5, 0.6) is 5.75 Å². The standard InChI is InChI=1S/C26H30FN5O2/c1-34-23-8-6-22(7-9-23)32-25(19-10-12-28-13-11-19)24(18-29-32)26(33)31-16-14-30(15-17-31)21-4-2-20(27)3-5-21/h2-9,18-19,28H,10-17H2,1H3. The van der Waals surface area contributed by atoms with Crippen molar-refractivity contribution in [2.45, 2.75) is 18.8 Å². The van der Waals surface area contributed by atoms with Gasteiger partial charge in [-0.1, -0.05) is 0 Å². The molecule has 0 spiro atoms. The molecule has 2 aromatic carbocycles. The molecule has 1 amide bonds. The molecular weight excluding hydrogens is 433 g/mol. The number of amides is 1. The van der Waals surface area contributed by atoms with Crippen LogP contribution >= 0.6 is 0 Å². The van der Waals surface area contributed by atoms with E-state index in [1.54, 1.807) is 25.4 Å². The number of nitrogens with zero attached hydrogens (tertiary/aromatic N) is 4. The zero-order valence-electron chi connectivity index (χ0n) is 19.4. The van der Waals surface area contributed by atoms with E-state index in [0.717, 1.165) is 48.7 Å². The molecule has 0 aliphatic carbocycles.